The van der Waals surface area contributed by atoms with E-state index in [1.54, 1.807) is 30.3 Å². The first kappa shape index (κ1) is 25.0. The molecule has 0 saturated carbocycles. The molecule has 9 heteroatoms. The number of hydrogen-bond acceptors (Lipinski definition) is 6. The van der Waals surface area contributed by atoms with Gasteiger partial charge in [-0.3, -0.25) is 4.79 Å². The quantitative estimate of drug-likeness (QED) is 0.0936. The monoisotopic (exact) mass is 592 g/mol. The van der Waals surface area contributed by atoms with Gasteiger partial charge in [0.25, 0.3) is 5.91 Å². The van der Waals surface area contributed by atoms with Crippen molar-refractivity contribution in [3.05, 3.63) is 105 Å². The number of rotatable bonds is 7. The number of para-hydroxylation sites is 1. The lowest BCUT2D eigenvalue weighted by Crippen LogP contribution is -2.24. The summed E-state index contributed by atoms with van der Waals surface area (Å²) in [6.45, 7) is -0.227. The predicted molar refractivity (Wildman–Crippen MR) is 151 cm³/mol. The molecule has 0 unspecified atom stereocenters. The number of benzene rings is 4. The fourth-order valence-electron chi connectivity index (χ4n) is 3.65. The van der Waals surface area contributed by atoms with E-state index < -0.39 is 11.9 Å². The highest BCUT2D eigenvalue weighted by Gasteiger charge is 2.19. The lowest BCUT2D eigenvalue weighted by Gasteiger charge is -2.09. The summed E-state index contributed by atoms with van der Waals surface area (Å²) >= 11 is 11.2. The fourth-order valence-corrected chi connectivity index (χ4v) is 5.64. The van der Waals surface area contributed by atoms with Crippen LogP contribution in [0.4, 0.5) is 0 Å². The normalized spacial score (nSPS) is 11.2. The Hall–Kier alpha value is -3.72. The van der Waals surface area contributed by atoms with E-state index in [0.717, 1.165) is 25.3 Å². The highest BCUT2D eigenvalue weighted by molar-refractivity contribution is 9.10. The molecular formula is C28H18BrClN2O4S. The van der Waals surface area contributed by atoms with E-state index in [2.05, 4.69) is 26.5 Å². The molecule has 0 atom stereocenters. The fraction of sp³-hybridized carbons (Fsp3) is 0.0357. The van der Waals surface area contributed by atoms with Crippen molar-refractivity contribution in [1.82, 2.24) is 5.43 Å². The Balaban J connectivity index is 1.22. The van der Waals surface area contributed by atoms with Gasteiger partial charge in [0.1, 0.15) is 16.4 Å². The van der Waals surface area contributed by atoms with E-state index >= 15 is 0 Å². The molecule has 1 heterocycles. The number of esters is 1. The van der Waals surface area contributed by atoms with Crippen molar-refractivity contribution in [2.75, 3.05) is 6.61 Å². The standard InChI is InChI=1S/C28H18BrClN2O4S/c29-25-19-9-3-1-7-17(19)13-14-22(25)35-16-24(33)32-31-15-18-8-2-5-11-21(18)36-28(34)27-26(30)20-10-4-6-12-23(20)37-27/h1-15H,16H2,(H,32,33)/b31-15-. The summed E-state index contributed by atoms with van der Waals surface area (Å²) in [5.74, 6) is -0.168. The van der Waals surface area contributed by atoms with Gasteiger partial charge < -0.3 is 9.47 Å². The minimum absolute atomic E-state index is 0.227. The van der Waals surface area contributed by atoms with Crippen LogP contribution in [0.1, 0.15) is 15.2 Å². The first-order chi connectivity index (χ1) is 18.0. The molecular weight excluding hydrogens is 576 g/mol. The average molecular weight is 594 g/mol. The van der Waals surface area contributed by atoms with Crippen molar-refractivity contribution < 1.29 is 19.1 Å². The second-order valence-electron chi connectivity index (χ2n) is 7.85. The lowest BCUT2D eigenvalue weighted by molar-refractivity contribution is -0.123. The van der Waals surface area contributed by atoms with Gasteiger partial charge in [0, 0.05) is 15.6 Å². The SMILES string of the molecule is O=C(COc1ccc2ccccc2c1Br)N/N=C\c1ccccc1OC(=O)c1sc2ccccc2c1Cl. The van der Waals surface area contributed by atoms with E-state index in [1.165, 1.54) is 17.6 Å². The van der Waals surface area contributed by atoms with Crippen LogP contribution in [-0.2, 0) is 4.79 Å². The molecule has 0 aliphatic carbocycles. The number of thiophene rings is 1. The molecule has 1 N–H and O–H groups in total. The number of hydrogen-bond donors (Lipinski definition) is 1. The zero-order valence-corrected chi connectivity index (χ0v) is 22.3. The van der Waals surface area contributed by atoms with Crippen LogP contribution in [0, 0.1) is 0 Å². The zero-order valence-electron chi connectivity index (χ0n) is 19.1. The summed E-state index contributed by atoms with van der Waals surface area (Å²) < 4.78 is 12.9. The second-order valence-corrected chi connectivity index (χ2v) is 10.1. The number of halogens is 2. The van der Waals surface area contributed by atoms with Gasteiger partial charge in [-0.2, -0.15) is 5.10 Å². The Morgan fingerprint density at radius 2 is 1.65 bits per heavy atom. The number of carbonyl (C=O) groups excluding carboxylic acids is 2. The molecule has 5 rings (SSSR count). The molecule has 37 heavy (non-hydrogen) atoms. The average Bonchev–Trinajstić information content (AvgIpc) is 3.26. The molecule has 5 aromatic rings. The number of carbonyl (C=O) groups is 2. The number of hydrazone groups is 1. The summed E-state index contributed by atoms with van der Waals surface area (Å²) in [6, 6.07) is 26.0. The predicted octanol–water partition coefficient (Wildman–Crippen LogP) is 7.22. The molecule has 0 aliphatic heterocycles. The molecule has 1 amide bonds. The molecule has 0 spiro atoms. The van der Waals surface area contributed by atoms with Crippen molar-refractivity contribution in [3.63, 3.8) is 0 Å². The molecule has 0 aliphatic rings. The second kappa shape index (κ2) is 11.1. The van der Waals surface area contributed by atoms with Crippen LogP contribution in [0.3, 0.4) is 0 Å². The molecule has 1 aromatic heterocycles. The zero-order chi connectivity index (χ0) is 25.8. The van der Waals surface area contributed by atoms with Gasteiger partial charge in [-0.25, -0.2) is 10.2 Å². The summed E-state index contributed by atoms with van der Waals surface area (Å²) in [4.78, 5) is 25.4. The Bertz CT molecular complexity index is 1670. The topological polar surface area (TPSA) is 77.0 Å². The van der Waals surface area contributed by atoms with Crippen molar-refractivity contribution in [3.8, 4) is 11.5 Å². The molecule has 0 saturated heterocycles. The van der Waals surface area contributed by atoms with Crippen molar-refractivity contribution in [1.29, 1.82) is 0 Å². The van der Waals surface area contributed by atoms with Gasteiger partial charge >= 0.3 is 5.97 Å². The van der Waals surface area contributed by atoms with E-state index in [0.29, 0.717) is 21.2 Å². The highest BCUT2D eigenvalue weighted by Crippen LogP contribution is 2.36. The molecule has 0 fully saturated rings. The van der Waals surface area contributed by atoms with Crippen LogP contribution in [0.25, 0.3) is 20.9 Å². The van der Waals surface area contributed by atoms with Crippen LogP contribution in [0.5, 0.6) is 11.5 Å². The number of nitrogens with one attached hydrogen (secondary N) is 1. The lowest BCUT2D eigenvalue weighted by atomic mass is 10.1. The summed E-state index contributed by atoms with van der Waals surface area (Å²) in [5, 5.41) is 7.20. The van der Waals surface area contributed by atoms with Crippen LogP contribution in [0.2, 0.25) is 5.02 Å². The number of fused-ring (bicyclic) bond motifs is 2. The van der Waals surface area contributed by atoms with Crippen molar-refractivity contribution in [2.24, 2.45) is 5.10 Å². The van der Waals surface area contributed by atoms with Crippen LogP contribution in [0.15, 0.2) is 94.5 Å². The minimum Gasteiger partial charge on any atom is -0.483 e. The maximum absolute atomic E-state index is 12.8. The Morgan fingerprint density at radius 1 is 0.919 bits per heavy atom. The molecule has 4 aromatic carbocycles. The summed E-state index contributed by atoms with van der Waals surface area (Å²) in [6.07, 6.45) is 1.40. The van der Waals surface area contributed by atoms with E-state index in [1.807, 2.05) is 54.6 Å². The van der Waals surface area contributed by atoms with Crippen LogP contribution < -0.4 is 14.9 Å². The van der Waals surface area contributed by atoms with Gasteiger partial charge in [0.15, 0.2) is 6.61 Å². The van der Waals surface area contributed by atoms with Gasteiger partial charge in [0.05, 0.1) is 15.7 Å². The highest BCUT2D eigenvalue weighted by atomic mass is 79.9. The van der Waals surface area contributed by atoms with Gasteiger partial charge in [0.2, 0.25) is 0 Å². The maximum atomic E-state index is 12.8. The van der Waals surface area contributed by atoms with Gasteiger partial charge in [-0.15, -0.1) is 11.3 Å². The minimum atomic E-state index is -0.564. The van der Waals surface area contributed by atoms with Gasteiger partial charge in [-0.05, 0) is 51.0 Å². The molecule has 0 radical (unpaired) electrons. The Morgan fingerprint density at radius 3 is 2.49 bits per heavy atom. The third-order valence-electron chi connectivity index (χ3n) is 5.42. The Labute approximate surface area is 229 Å². The van der Waals surface area contributed by atoms with E-state index in [-0.39, 0.29) is 12.4 Å². The van der Waals surface area contributed by atoms with E-state index in [9.17, 15) is 9.59 Å². The smallest absolute Gasteiger partial charge is 0.355 e. The first-order valence-corrected chi connectivity index (χ1v) is 13.1. The summed E-state index contributed by atoms with van der Waals surface area (Å²) in [5.41, 5.74) is 2.93. The first-order valence-electron chi connectivity index (χ1n) is 11.1. The number of amides is 1. The molecule has 184 valence electrons. The van der Waals surface area contributed by atoms with Crippen molar-refractivity contribution >= 4 is 77.8 Å². The third-order valence-corrected chi connectivity index (χ3v) is 7.89. The number of ether oxygens (including phenoxy) is 2. The third kappa shape index (κ3) is 5.51. The van der Waals surface area contributed by atoms with Crippen LogP contribution in [-0.4, -0.2) is 24.7 Å². The number of nitrogens with zero attached hydrogens (tertiary/aromatic N) is 1. The van der Waals surface area contributed by atoms with Crippen LogP contribution >= 0.6 is 38.9 Å². The molecule has 6 nitrogen and oxygen atoms in total. The summed E-state index contributed by atoms with van der Waals surface area (Å²) in [7, 11) is 0. The Kier molecular flexibility index (Phi) is 7.50. The maximum Gasteiger partial charge on any atom is 0.355 e. The largest absolute Gasteiger partial charge is 0.483 e. The molecule has 0 bridgehead atoms. The van der Waals surface area contributed by atoms with Gasteiger partial charge in [-0.1, -0.05) is 72.3 Å². The van der Waals surface area contributed by atoms with E-state index in [4.69, 9.17) is 21.1 Å². The van der Waals surface area contributed by atoms with Crippen molar-refractivity contribution in [2.45, 2.75) is 0 Å².